The molecule has 0 aliphatic rings. The molecule has 0 N–H and O–H groups in total. The van der Waals surface area contributed by atoms with E-state index < -0.39 is 0 Å². The Morgan fingerprint density at radius 1 is 1.29 bits per heavy atom. The summed E-state index contributed by atoms with van der Waals surface area (Å²) < 4.78 is 0. The van der Waals surface area contributed by atoms with Crippen molar-refractivity contribution in [1.82, 2.24) is 0 Å². The summed E-state index contributed by atoms with van der Waals surface area (Å²) in [5, 5.41) is 0. The fourth-order valence-corrected chi connectivity index (χ4v) is 0. The van der Waals surface area contributed by atoms with Crippen LogP contribution in [0.5, 0.6) is 0 Å². The van der Waals surface area contributed by atoms with Crippen molar-refractivity contribution in [3.8, 4) is 0 Å². The van der Waals surface area contributed by atoms with Crippen molar-refractivity contribution in [2.24, 2.45) is 0 Å². The molecule has 0 atom stereocenters. The van der Waals surface area contributed by atoms with Gasteiger partial charge in [0.15, 0.2) is 0 Å². The third kappa shape index (κ3) is 187. The molecule has 0 amide bonds. The van der Waals surface area contributed by atoms with Gasteiger partial charge in [-0.3, -0.25) is 0 Å². The number of hydrogen-bond acceptors (Lipinski definition) is 0. The van der Waals surface area contributed by atoms with E-state index in [1.807, 2.05) is 6.92 Å². The molecule has 42 valence electrons. The van der Waals surface area contributed by atoms with Crippen LogP contribution in [0.15, 0.2) is 12.2 Å². The molecule has 0 fully saturated rings. The summed E-state index contributed by atoms with van der Waals surface area (Å²) in [6.07, 6.45) is 0. The zero-order valence-electron chi connectivity index (χ0n) is 4.25. The van der Waals surface area contributed by atoms with Crippen LogP contribution in [0.25, 0.3) is 0 Å². The van der Waals surface area contributed by atoms with Gasteiger partial charge in [0.2, 0.25) is 0 Å². The van der Waals surface area contributed by atoms with E-state index in [4.69, 9.17) is 0 Å². The van der Waals surface area contributed by atoms with Crippen LogP contribution in [-0.2, 0) is 0 Å². The van der Waals surface area contributed by atoms with Crippen molar-refractivity contribution in [3.05, 3.63) is 19.1 Å². The molecular formula is C4H7Cl2Ga-2. The fourth-order valence-electron chi connectivity index (χ4n) is 0. The van der Waals surface area contributed by atoms with Crippen LogP contribution in [0.2, 0.25) is 0 Å². The van der Waals surface area contributed by atoms with Crippen molar-refractivity contribution >= 4 is 19.8 Å². The molecule has 4 radical (unpaired) electrons. The van der Waals surface area contributed by atoms with Gasteiger partial charge in [0.05, 0.1) is 0 Å². The van der Waals surface area contributed by atoms with Crippen molar-refractivity contribution < 1.29 is 24.8 Å². The van der Waals surface area contributed by atoms with Crippen LogP contribution in [0.3, 0.4) is 0 Å². The maximum absolute atomic E-state index is 3.44. The second-order valence-corrected chi connectivity index (χ2v) is 0.957. The van der Waals surface area contributed by atoms with Crippen LogP contribution in [0, 0.1) is 6.92 Å². The third-order valence-electron chi connectivity index (χ3n) is 0. The second kappa shape index (κ2) is 15.8. The summed E-state index contributed by atoms with van der Waals surface area (Å²) in [7, 11) is 0. The van der Waals surface area contributed by atoms with Crippen molar-refractivity contribution in [3.63, 3.8) is 0 Å². The minimum atomic E-state index is 0. The molecule has 0 bridgehead atoms. The van der Waals surface area contributed by atoms with E-state index >= 15 is 0 Å². The summed E-state index contributed by atoms with van der Waals surface area (Å²) in [5.41, 5.74) is 0.917. The summed E-state index contributed by atoms with van der Waals surface area (Å²) in [4.78, 5) is 0. The first kappa shape index (κ1) is 24.6. The SMILES string of the molecule is [CH2]C(=C)C.[Cl-].[Cl-].[Ga]. The summed E-state index contributed by atoms with van der Waals surface area (Å²) >= 11 is 0. The number of allylic oxidation sites excluding steroid dienone is 1. The molecule has 3 heteroatoms. The minimum absolute atomic E-state index is 0. The number of hydrogen-bond donors (Lipinski definition) is 0. The Labute approximate surface area is 70.6 Å². The van der Waals surface area contributed by atoms with E-state index in [0.717, 1.165) is 5.57 Å². The molecule has 0 rings (SSSR count). The Bertz CT molecular complexity index is 32.7. The molecule has 0 saturated heterocycles. The van der Waals surface area contributed by atoms with E-state index in [2.05, 4.69) is 13.5 Å². The Morgan fingerprint density at radius 2 is 1.29 bits per heavy atom. The van der Waals surface area contributed by atoms with Gasteiger partial charge in [-0.1, -0.05) is 5.57 Å². The molecule has 0 nitrogen and oxygen atoms in total. The van der Waals surface area contributed by atoms with Crippen molar-refractivity contribution in [2.45, 2.75) is 6.92 Å². The molecular weight excluding hydrogens is 189 g/mol. The van der Waals surface area contributed by atoms with Gasteiger partial charge in [-0.05, 0) is 13.8 Å². The molecule has 7 heavy (non-hydrogen) atoms. The van der Waals surface area contributed by atoms with Gasteiger partial charge in [0.25, 0.3) is 0 Å². The first-order valence-corrected chi connectivity index (χ1v) is 1.21. The summed E-state index contributed by atoms with van der Waals surface area (Å²) in [5.74, 6) is 0. The number of rotatable bonds is 0. The van der Waals surface area contributed by atoms with Gasteiger partial charge in [-0.2, -0.15) is 0 Å². The maximum atomic E-state index is 3.44. The fraction of sp³-hybridized carbons (Fsp3) is 0.250. The van der Waals surface area contributed by atoms with E-state index in [1.54, 1.807) is 0 Å². The second-order valence-electron chi connectivity index (χ2n) is 0.957. The van der Waals surface area contributed by atoms with E-state index in [9.17, 15) is 0 Å². The summed E-state index contributed by atoms with van der Waals surface area (Å²) in [6.45, 7) is 8.75. The molecule has 0 unspecified atom stereocenters. The Morgan fingerprint density at radius 3 is 1.29 bits per heavy atom. The molecule has 0 heterocycles. The van der Waals surface area contributed by atoms with Crippen LogP contribution in [0.1, 0.15) is 6.92 Å². The van der Waals surface area contributed by atoms with E-state index in [0.29, 0.717) is 0 Å². The topological polar surface area (TPSA) is 0 Å². The minimum Gasteiger partial charge on any atom is -1.00 e. The molecule has 0 saturated carbocycles. The first-order valence-electron chi connectivity index (χ1n) is 1.21. The average molecular weight is 196 g/mol. The summed E-state index contributed by atoms with van der Waals surface area (Å²) in [6, 6.07) is 0. The largest absolute Gasteiger partial charge is 1.00 e. The van der Waals surface area contributed by atoms with Gasteiger partial charge in [-0.25, -0.2) is 0 Å². The molecule has 0 aromatic rings. The Kier molecular flexibility index (Phi) is 55.4. The van der Waals surface area contributed by atoms with Gasteiger partial charge < -0.3 is 24.8 Å². The molecule has 0 spiro atoms. The smallest absolute Gasteiger partial charge is 0 e. The van der Waals surface area contributed by atoms with Crippen molar-refractivity contribution in [1.29, 1.82) is 0 Å². The predicted octanol–water partition coefficient (Wildman–Crippen LogP) is -4.98. The predicted molar refractivity (Wildman–Crippen MR) is 25.9 cm³/mol. The monoisotopic (exact) mass is 194 g/mol. The normalized spacial score (nSPS) is 3.71. The van der Waals surface area contributed by atoms with Gasteiger partial charge in [0, 0.05) is 19.8 Å². The number of halogens is 2. The van der Waals surface area contributed by atoms with Gasteiger partial charge in [0.1, 0.15) is 0 Å². The van der Waals surface area contributed by atoms with E-state index in [-0.39, 0.29) is 44.6 Å². The van der Waals surface area contributed by atoms with Gasteiger partial charge >= 0.3 is 0 Å². The molecule has 0 aliphatic heterocycles. The molecule has 0 aromatic heterocycles. The average Bonchev–Trinajstić information content (AvgIpc) is 0.811. The zero-order valence-corrected chi connectivity index (χ0v) is 8.18. The zero-order chi connectivity index (χ0) is 3.58. The first-order chi connectivity index (χ1) is 1.73. The Balaban J connectivity index is -0.0000000150. The van der Waals surface area contributed by atoms with Crippen LogP contribution in [0.4, 0.5) is 0 Å². The maximum Gasteiger partial charge on any atom is 0 e. The van der Waals surface area contributed by atoms with E-state index in [1.165, 1.54) is 0 Å². The Hall–Kier alpha value is 0.956. The van der Waals surface area contributed by atoms with Crippen LogP contribution >= 0.6 is 0 Å². The quantitative estimate of drug-likeness (QED) is 0.340. The third-order valence-corrected chi connectivity index (χ3v) is 0. The molecule has 0 aliphatic carbocycles. The van der Waals surface area contributed by atoms with Crippen molar-refractivity contribution in [2.75, 3.05) is 0 Å². The molecule has 0 aromatic carbocycles. The van der Waals surface area contributed by atoms with Crippen LogP contribution in [-0.4, -0.2) is 19.8 Å². The van der Waals surface area contributed by atoms with Gasteiger partial charge in [-0.15, -0.1) is 6.58 Å². The standard InChI is InChI=1S/C4H7.2ClH.Ga/c1-4(2)3;;;/h1-2H2,3H3;2*1H;/p-2. The van der Waals surface area contributed by atoms with Crippen LogP contribution < -0.4 is 24.8 Å².